The van der Waals surface area contributed by atoms with Crippen LogP contribution in [0.4, 0.5) is 0 Å². The van der Waals surface area contributed by atoms with Gasteiger partial charge < -0.3 is 29.2 Å². The van der Waals surface area contributed by atoms with E-state index in [-0.39, 0.29) is 13.2 Å². The first-order valence-corrected chi connectivity index (χ1v) is 5.08. The molecule has 2 aliphatic rings. The second-order valence-electron chi connectivity index (χ2n) is 3.57. The average Bonchev–Trinajstić information content (AvgIpc) is 2.55. The van der Waals surface area contributed by atoms with Crippen LogP contribution >= 0.6 is 0 Å². The third-order valence-electron chi connectivity index (χ3n) is 2.48. The minimum absolute atomic E-state index is 0.0717. The van der Waals surface area contributed by atoms with Crippen LogP contribution in [0.2, 0.25) is 0 Å². The Labute approximate surface area is 91.9 Å². The van der Waals surface area contributed by atoms with E-state index in [0.717, 1.165) is 0 Å². The number of hydrogen-bond donors (Lipinski definition) is 2. The molecule has 2 rings (SSSR count). The van der Waals surface area contributed by atoms with Gasteiger partial charge in [-0.25, -0.2) is 4.79 Å². The molecule has 0 amide bonds. The molecule has 0 saturated carbocycles. The fourth-order valence-electron chi connectivity index (χ4n) is 1.72. The first-order chi connectivity index (χ1) is 7.63. The Kier molecular flexibility index (Phi) is 3.41. The van der Waals surface area contributed by atoms with E-state index in [1.807, 2.05) is 0 Å². The minimum Gasteiger partial charge on any atom is -0.462 e. The van der Waals surface area contributed by atoms with Crippen LogP contribution in [-0.4, -0.2) is 60.3 Å². The summed E-state index contributed by atoms with van der Waals surface area (Å²) >= 11 is 0. The van der Waals surface area contributed by atoms with Crippen LogP contribution < -0.4 is 0 Å². The van der Waals surface area contributed by atoms with Crippen LogP contribution in [0, 0.1) is 0 Å². The summed E-state index contributed by atoms with van der Waals surface area (Å²) in [6, 6.07) is 0. The molecule has 0 aromatic heterocycles. The normalized spacial score (nSPS) is 42.8. The Morgan fingerprint density at radius 1 is 1.44 bits per heavy atom. The number of carbonyl (C=O) groups is 1. The molecule has 0 bridgehead atoms. The average molecular weight is 234 g/mol. The van der Waals surface area contributed by atoms with E-state index < -0.39 is 36.9 Å². The summed E-state index contributed by atoms with van der Waals surface area (Å²) < 4.78 is 19.9. The Morgan fingerprint density at radius 2 is 2.19 bits per heavy atom. The van der Waals surface area contributed by atoms with Crippen LogP contribution in [0.1, 0.15) is 6.92 Å². The predicted octanol–water partition coefficient (Wildman–Crippen LogP) is -1.63. The van der Waals surface area contributed by atoms with Crippen LogP contribution in [0.25, 0.3) is 0 Å². The lowest BCUT2D eigenvalue weighted by molar-refractivity contribution is -0.253. The van der Waals surface area contributed by atoms with Gasteiger partial charge in [0.15, 0.2) is 6.29 Å². The summed E-state index contributed by atoms with van der Waals surface area (Å²) in [6.45, 7) is 1.96. The molecule has 5 atom stereocenters. The molecule has 0 spiro atoms. The molecule has 0 aromatic rings. The van der Waals surface area contributed by atoms with Crippen LogP contribution in [0.5, 0.6) is 0 Å². The number of aliphatic hydroxyl groups excluding tert-OH is 2. The molecule has 0 aliphatic carbocycles. The van der Waals surface area contributed by atoms with E-state index in [1.165, 1.54) is 0 Å². The van der Waals surface area contributed by atoms with Gasteiger partial charge in [-0.15, -0.1) is 0 Å². The Balaban J connectivity index is 1.96. The molecular weight excluding hydrogens is 220 g/mol. The summed E-state index contributed by atoms with van der Waals surface area (Å²) in [4.78, 5) is 11.3. The quantitative estimate of drug-likeness (QED) is 0.554. The fraction of sp³-hybridized carbons (Fsp3) is 0.889. The lowest BCUT2D eigenvalue weighted by Gasteiger charge is -2.30. The summed E-state index contributed by atoms with van der Waals surface area (Å²) in [6.07, 6.45) is -4.97. The largest absolute Gasteiger partial charge is 0.462 e. The van der Waals surface area contributed by atoms with Crippen molar-refractivity contribution in [1.82, 2.24) is 0 Å². The Morgan fingerprint density at radius 3 is 2.88 bits per heavy atom. The molecule has 0 radical (unpaired) electrons. The molecule has 5 unspecified atom stereocenters. The number of esters is 1. The topological polar surface area (TPSA) is 94.5 Å². The van der Waals surface area contributed by atoms with Crippen molar-refractivity contribution in [1.29, 1.82) is 0 Å². The fourth-order valence-corrected chi connectivity index (χ4v) is 1.72. The molecule has 2 saturated heterocycles. The molecule has 2 fully saturated rings. The van der Waals surface area contributed by atoms with Crippen molar-refractivity contribution in [2.24, 2.45) is 0 Å². The molecule has 92 valence electrons. The van der Waals surface area contributed by atoms with Crippen molar-refractivity contribution >= 4 is 5.97 Å². The van der Waals surface area contributed by atoms with E-state index in [0.29, 0.717) is 0 Å². The predicted molar refractivity (Wildman–Crippen MR) is 48.1 cm³/mol. The van der Waals surface area contributed by atoms with Crippen molar-refractivity contribution in [3.05, 3.63) is 0 Å². The standard InChI is InChI=1S/C9H14O7/c1-2-13-8(12)9-14-3-4-6(16-9)5(10)7(11)15-4/h4-7,9-11H,2-3H2,1H3. The molecule has 7 heteroatoms. The van der Waals surface area contributed by atoms with Gasteiger partial charge in [-0.3, -0.25) is 0 Å². The highest BCUT2D eigenvalue weighted by Crippen LogP contribution is 2.28. The van der Waals surface area contributed by atoms with Crippen molar-refractivity contribution < 1.29 is 34.0 Å². The highest BCUT2D eigenvalue weighted by atomic mass is 16.8. The molecular formula is C9H14O7. The third-order valence-corrected chi connectivity index (χ3v) is 2.48. The van der Waals surface area contributed by atoms with Crippen LogP contribution in [-0.2, 0) is 23.7 Å². The molecule has 0 aromatic carbocycles. The first kappa shape index (κ1) is 11.7. The highest BCUT2D eigenvalue weighted by Gasteiger charge is 2.49. The van der Waals surface area contributed by atoms with E-state index in [9.17, 15) is 15.0 Å². The Hall–Kier alpha value is -0.730. The molecule has 2 heterocycles. The Bertz CT molecular complexity index is 269. The minimum atomic E-state index is -1.31. The summed E-state index contributed by atoms with van der Waals surface area (Å²) in [7, 11) is 0. The van der Waals surface area contributed by atoms with Gasteiger partial charge in [-0.05, 0) is 6.92 Å². The first-order valence-electron chi connectivity index (χ1n) is 5.08. The van der Waals surface area contributed by atoms with Crippen molar-refractivity contribution in [3.8, 4) is 0 Å². The van der Waals surface area contributed by atoms with Crippen LogP contribution in [0.3, 0.4) is 0 Å². The van der Waals surface area contributed by atoms with Gasteiger partial charge in [0.2, 0.25) is 0 Å². The molecule has 16 heavy (non-hydrogen) atoms. The maximum Gasteiger partial charge on any atom is 0.363 e. The van der Waals surface area contributed by atoms with Gasteiger partial charge >= 0.3 is 5.97 Å². The monoisotopic (exact) mass is 234 g/mol. The van der Waals surface area contributed by atoms with E-state index in [1.54, 1.807) is 6.92 Å². The smallest absolute Gasteiger partial charge is 0.363 e. The van der Waals surface area contributed by atoms with Gasteiger partial charge in [-0.2, -0.15) is 0 Å². The molecule has 7 nitrogen and oxygen atoms in total. The molecule has 2 aliphatic heterocycles. The zero-order chi connectivity index (χ0) is 11.7. The van der Waals surface area contributed by atoms with Crippen molar-refractivity contribution in [2.45, 2.75) is 37.8 Å². The number of fused-ring (bicyclic) bond motifs is 1. The van der Waals surface area contributed by atoms with Gasteiger partial charge in [0.25, 0.3) is 6.29 Å². The van der Waals surface area contributed by atoms with Crippen molar-refractivity contribution in [3.63, 3.8) is 0 Å². The van der Waals surface area contributed by atoms with Gasteiger partial charge in [0.1, 0.15) is 18.3 Å². The summed E-state index contributed by atoms with van der Waals surface area (Å²) in [5, 5.41) is 18.7. The van der Waals surface area contributed by atoms with E-state index in [4.69, 9.17) is 18.9 Å². The second kappa shape index (κ2) is 4.64. The zero-order valence-electron chi connectivity index (χ0n) is 8.74. The lowest BCUT2D eigenvalue weighted by Crippen LogP contribution is -2.48. The number of carbonyl (C=O) groups excluding carboxylic acids is 1. The number of hydrogen-bond acceptors (Lipinski definition) is 7. The van der Waals surface area contributed by atoms with Gasteiger partial charge in [-0.1, -0.05) is 0 Å². The number of rotatable bonds is 2. The zero-order valence-corrected chi connectivity index (χ0v) is 8.74. The number of ether oxygens (including phenoxy) is 4. The highest BCUT2D eigenvalue weighted by molar-refractivity contribution is 5.73. The second-order valence-corrected chi connectivity index (χ2v) is 3.57. The van der Waals surface area contributed by atoms with E-state index in [2.05, 4.69) is 0 Å². The SMILES string of the molecule is CCOC(=O)C1OCC2OC(O)C(O)C2O1. The van der Waals surface area contributed by atoms with Gasteiger partial charge in [0, 0.05) is 0 Å². The maximum atomic E-state index is 11.3. The van der Waals surface area contributed by atoms with Gasteiger partial charge in [0.05, 0.1) is 13.2 Å². The third kappa shape index (κ3) is 2.04. The maximum absolute atomic E-state index is 11.3. The summed E-state index contributed by atoms with van der Waals surface area (Å²) in [5.74, 6) is -0.644. The number of aliphatic hydroxyl groups is 2. The lowest BCUT2D eigenvalue weighted by atomic mass is 10.1. The van der Waals surface area contributed by atoms with Crippen LogP contribution in [0.15, 0.2) is 0 Å². The molecule has 2 N–H and O–H groups in total. The van der Waals surface area contributed by atoms with E-state index >= 15 is 0 Å². The summed E-state index contributed by atoms with van der Waals surface area (Å²) in [5.41, 5.74) is 0. The van der Waals surface area contributed by atoms with Crippen molar-refractivity contribution in [2.75, 3.05) is 13.2 Å².